The first-order valence-corrected chi connectivity index (χ1v) is 9.29. The number of carbonyl (C=O) groups is 1. The zero-order valence-corrected chi connectivity index (χ0v) is 16.4. The molecule has 0 aliphatic carbocycles. The van der Waals surface area contributed by atoms with E-state index in [-0.39, 0.29) is 6.09 Å². The lowest BCUT2D eigenvalue weighted by molar-refractivity contribution is 0.0526. The largest absolute Gasteiger partial charge is 0.494 e. The molecule has 27 heavy (non-hydrogen) atoms. The summed E-state index contributed by atoms with van der Waals surface area (Å²) in [5.41, 5.74) is 0.669. The molecule has 0 bridgehead atoms. The van der Waals surface area contributed by atoms with Crippen molar-refractivity contribution in [1.29, 1.82) is 0 Å². The number of benzene rings is 2. The van der Waals surface area contributed by atoms with Crippen molar-refractivity contribution in [1.82, 2.24) is 5.32 Å². The third-order valence-corrected chi connectivity index (χ3v) is 3.58. The molecule has 0 fully saturated rings. The number of amides is 1. The molecule has 0 aliphatic heterocycles. The lowest BCUT2D eigenvalue weighted by atomic mass is 10.2. The van der Waals surface area contributed by atoms with Crippen molar-refractivity contribution >= 4 is 6.09 Å². The van der Waals surface area contributed by atoms with Crippen LogP contribution in [-0.4, -0.2) is 24.8 Å². The number of hydrogen-bond donors (Lipinski definition) is 1. The summed E-state index contributed by atoms with van der Waals surface area (Å²) in [6, 6.07) is 17.7. The van der Waals surface area contributed by atoms with Crippen molar-refractivity contribution in [2.75, 3.05) is 13.2 Å². The fourth-order valence-corrected chi connectivity index (χ4v) is 2.29. The molecular weight excluding hydrogens is 342 g/mol. The van der Waals surface area contributed by atoms with E-state index < -0.39 is 5.60 Å². The van der Waals surface area contributed by atoms with Crippen molar-refractivity contribution in [2.24, 2.45) is 0 Å². The SMILES string of the molecule is CC(C)(C)OC(=O)NCCCCOc1ccc(OCc2ccccc2)cc1. The van der Waals surface area contributed by atoms with Gasteiger partial charge in [0.15, 0.2) is 0 Å². The molecule has 2 rings (SSSR count). The quantitative estimate of drug-likeness (QED) is 0.634. The van der Waals surface area contributed by atoms with Crippen LogP contribution >= 0.6 is 0 Å². The van der Waals surface area contributed by atoms with Gasteiger partial charge in [-0.15, -0.1) is 0 Å². The van der Waals surface area contributed by atoms with E-state index in [1.165, 1.54) is 0 Å². The summed E-state index contributed by atoms with van der Waals surface area (Å²) < 4.78 is 16.6. The Morgan fingerprint density at radius 3 is 2.15 bits per heavy atom. The summed E-state index contributed by atoms with van der Waals surface area (Å²) in [5.74, 6) is 1.62. The van der Waals surface area contributed by atoms with Gasteiger partial charge in [-0.05, 0) is 63.4 Å². The van der Waals surface area contributed by atoms with Gasteiger partial charge >= 0.3 is 6.09 Å². The average Bonchev–Trinajstić information content (AvgIpc) is 2.63. The molecule has 0 radical (unpaired) electrons. The molecule has 0 spiro atoms. The normalized spacial score (nSPS) is 10.9. The van der Waals surface area contributed by atoms with Crippen molar-refractivity contribution in [2.45, 2.75) is 45.8 Å². The molecule has 5 heteroatoms. The molecular formula is C22H29NO4. The highest BCUT2D eigenvalue weighted by Crippen LogP contribution is 2.19. The lowest BCUT2D eigenvalue weighted by Crippen LogP contribution is -2.33. The van der Waals surface area contributed by atoms with Gasteiger partial charge in [0, 0.05) is 6.54 Å². The minimum absolute atomic E-state index is 0.380. The lowest BCUT2D eigenvalue weighted by Gasteiger charge is -2.19. The molecule has 1 N–H and O–H groups in total. The molecule has 0 atom stereocenters. The maximum atomic E-state index is 11.5. The van der Waals surface area contributed by atoms with E-state index in [0.717, 1.165) is 29.9 Å². The number of ether oxygens (including phenoxy) is 3. The summed E-state index contributed by atoms with van der Waals surface area (Å²) in [5, 5.41) is 2.74. The van der Waals surface area contributed by atoms with Crippen LogP contribution < -0.4 is 14.8 Å². The Hall–Kier alpha value is -2.69. The van der Waals surface area contributed by atoms with E-state index in [0.29, 0.717) is 19.8 Å². The van der Waals surface area contributed by atoms with Crippen molar-refractivity contribution in [3.63, 3.8) is 0 Å². The van der Waals surface area contributed by atoms with E-state index in [9.17, 15) is 4.79 Å². The van der Waals surface area contributed by atoms with Gasteiger partial charge in [-0.25, -0.2) is 4.79 Å². The van der Waals surface area contributed by atoms with Gasteiger partial charge in [-0.1, -0.05) is 30.3 Å². The van der Waals surface area contributed by atoms with E-state index in [4.69, 9.17) is 14.2 Å². The molecule has 2 aromatic carbocycles. The highest BCUT2D eigenvalue weighted by Gasteiger charge is 2.15. The standard InChI is InChI=1S/C22H29NO4/c1-22(2,3)27-21(24)23-15-7-8-16-25-19-11-13-20(14-12-19)26-17-18-9-5-4-6-10-18/h4-6,9-14H,7-8,15-17H2,1-3H3,(H,23,24). The molecule has 0 heterocycles. The molecule has 5 nitrogen and oxygen atoms in total. The Morgan fingerprint density at radius 2 is 1.52 bits per heavy atom. The molecule has 0 saturated carbocycles. The number of rotatable bonds is 9. The Balaban J connectivity index is 1.58. The molecule has 146 valence electrons. The van der Waals surface area contributed by atoms with Crippen molar-refractivity contribution in [3.05, 3.63) is 60.2 Å². The number of carbonyl (C=O) groups excluding carboxylic acids is 1. The predicted molar refractivity (Wildman–Crippen MR) is 106 cm³/mol. The third kappa shape index (κ3) is 8.99. The second-order valence-electron chi connectivity index (χ2n) is 7.23. The first-order valence-electron chi connectivity index (χ1n) is 9.29. The van der Waals surface area contributed by atoms with Crippen LogP contribution in [0.4, 0.5) is 4.79 Å². The van der Waals surface area contributed by atoms with Gasteiger partial charge in [-0.2, -0.15) is 0 Å². The van der Waals surface area contributed by atoms with Crippen LogP contribution in [0, 0.1) is 0 Å². The minimum atomic E-state index is -0.468. The molecule has 0 saturated heterocycles. The number of hydrogen-bond acceptors (Lipinski definition) is 4. The summed E-state index contributed by atoms with van der Waals surface area (Å²) in [6.45, 7) is 7.26. The summed E-state index contributed by atoms with van der Waals surface area (Å²) >= 11 is 0. The van der Waals surface area contributed by atoms with Crippen LogP contribution in [0.2, 0.25) is 0 Å². The Bertz CT molecular complexity index is 678. The highest BCUT2D eigenvalue weighted by atomic mass is 16.6. The molecule has 1 amide bonds. The molecule has 2 aromatic rings. The Morgan fingerprint density at radius 1 is 0.889 bits per heavy atom. The molecule has 0 aromatic heterocycles. The maximum Gasteiger partial charge on any atom is 0.407 e. The van der Waals surface area contributed by atoms with Gasteiger partial charge in [0.1, 0.15) is 23.7 Å². The van der Waals surface area contributed by atoms with Crippen molar-refractivity contribution < 1.29 is 19.0 Å². The van der Waals surface area contributed by atoms with Crippen LogP contribution in [0.5, 0.6) is 11.5 Å². The fraction of sp³-hybridized carbons (Fsp3) is 0.409. The zero-order chi connectivity index (χ0) is 19.5. The van der Waals surface area contributed by atoms with Crippen LogP contribution in [-0.2, 0) is 11.3 Å². The number of unbranched alkanes of at least 4 members (excludes halogenated alkanes) is 1. The maximum absolute atomic E-state index is 11.5. The van der Waals surface area contributed by atoms with Gasteiger partial charge < -0.3 is 19.5 Å². The van der Waals surface area contributed by atoms with Crippen LogP contribution in [0.1, 0.15) is 39.2 Å². The first-order chi connectivity index (χ1) is 12.9. The van der Waals surface area contributed by atoms with Crippen molar-refractivity contribution in [3.8, 4) is 11.5 Å². The fourth-order valence-electron chi connectivity index (χ4n) is 2.29. The molecule has 0 unspecified atom stereocenters. The minimum Gasteiger partial charge on any atom is -0.494 e. The van der Waals surface area contributed by atoms with Crippen LogP contribution in [0.25, 0.3) is 0 Å². The number of nitrogens with one attached hydrogen (secondary N) is 1. The van der Waals surface area contributed by atoms with E-state index in [2.05, 4.69) is 5.32 Å². The van der Waals surface area contributed by atoms with E-state index in [1.54, 1.807) is 0 Å². The predicted octanol–water partition coefficient (Wildman–Crippen LogP) is 4.95. The van der Waals surface area contributed by atoms with E-state index in [1.807, 2.05) is 75.4 Å². The van der Waals surface area contributed by atoms with Gasteiger partial charge in [0.25, 0.3) is 0 Å². The third-order valence-electron chi connectivity index (χ3n) is 3.58. The first kappa shape index (κ1) is 20.6. The summed E-state index contributed by atoms with van der Waals surface area (Å²) in [7, 11) is 0. The highest BCUT2D eigenvalue weighted by molar-refractivity contribution is 5.67. The van der Waals surface area contributed by atoms with Gasteiger partial charge in [0.2, 0.25) is 0 Å². The Kier molecular flexibility index (Phi) is 7.99. The second kappa shape index (κ2) is 10.5. The average molecular weight is 371 g/mol. The Labute approximate surface area is 161 Å². The second-order valence-corrected chi connectivity index (χ2v) is 7.23. The van der Waals surface area contributed by atoms with Crippen LogP contribution in [0.3, 0.4) is 0 Å². The monoisotopic (exact) mass is 371 g/mol. The smallest absolute Gasteiger partial charge is 0.407 e. The van der Waals surface area contributed by atoms with Gasteiger partial charge in [-0.3, -0.25) is 0 Å². The van der Waals surface area contributed by atoms with Gasteiger partial charge in [0.05, 0.1) is 6.61 Å². The molecule has 0 aliphatic rings. The number of alkyl carbamates (subject to hydrolysis) is 1. The van der Waals surface area contributed by atoms with Crippen LogP contribution in [0.15, 0.2) is 54.6 Å². The summed E-state index contributed by atoms with van der Waals surface area (Å²) in [4.78, 5) is 11.5. The zero-order valence-electron chi connectivity index (χ0n) is 16.4. The topological polar surface area (TPSA) is 56.8 Å². The van der Waals surface area contributed by atoms with E-state index >= 15 is 0 Å². The summed E-state index contributed by atoms with van der Waals surface area (Å²) in [6.07, 6.45) is 1.30.